The lowest BCUT2D eigenvalue weighted by Crippen LogP contribution is -2.25. The van der Waals surface area contributed by atoms with E-state index in [1.54, 1.807) is 33.5 Å². The summed E-state index contributed by atoms with van der Waals surface area (Å²) in [7, 11) is 4.63. The number of nitrogens with one attached hydrogen (secondary N) is 2. The molecule has 0 fully saturated rings. The van der Waals surface area contributed by atoms with Crippen LogP contribution in [0.2, 0.25) is 0 Å². The van der Waals surface area contributed by atoms with Gasteiger partial charge in [0.05, 0.1) is 34.1 Å². The highest BCUT2D eigenvalue weighted by Crippen LogP contribution is 2.33. The minimum Gasteiger partial charge on any atom is -0.496 e. The maximum Gasteiger partial charge on any atom is 0.259 e. The van der Waals surface area contributed by atoms with Gasteiger partial charge in [-0.05, 0) is 18.2 Å². The van der Waals surface area contributed by atoms with E-state index in [-0.39, 0.29) is 12.5 Å². The Morgan fingerprint density at radius 2 is 1.64 bits per heavy atom. The highest BCUT2D eigenvalue weighted by molar-refractivity contribution is 5.87. The fourth-order valence-electron chi connectivity index (χ4n) is 2.11. The maximum atomic E-state index is 11.8. The Hall–Kier alpha value is -3.22. The number of para-hydroxylation sites is 1. The lowest BCUT2D eigenvalue weighted by atomic mass is 10.2. The molecule has 0 heterocycles. The molecule has 0 aliphatic carbocycles. The molecule has 2 rings (SSSR count). The third-order valence-electron chi connectivity index (χ3n) is 3.36. The number of anilines is 1. The van der Waals surface area contributed by atoms with Crippen molar-refractivity contribution in [1.82, 2.24) is 5.43 Å². The first-order chi connectivity index (χ1) is 12.2. The summed E-state index contributed by atoms with van der Waals surface area (Å²) < 4.78 is 15.8. The summed E-state index contributed by atoms with van der Waals surface area (Å²) >= 11 is 0. The van der Waals surface area contributed by atoms with Crippen LogP contribution in [0.25, 0.3) is 0 Å². The quantitative estimate of drug-likeness (QED) is 0.568. The Balaban J connectivity index is 1.97. The van der Waals surface area contributed by atoms with Crippen LogP contribution in [0.5, 0.6) is 17.2 Å². The van der Waals surface area contributed by atoms with Crippen molar-refractivity contribution in [3.63, 3.8) is 0 Å². The predicted molar refractivity (Wildman–Crippen MR) is 96.8 cm³/mol. The standard InChI is InChI=1S/C18H21N3O4/c1-23-15-10-17(25-3)16(24-2)9-13(15)11-20-21-18(22)12-19-14-7-5-4-6-8-14/h4-11,19H,12H2,1-3H3,(H,21,22)/b20-11+. The molecule has 0 aromatic heterocycles. The van der Waals surface area contributed by atoms with Crippen molar-refractivity contribution in [3.05, 3.63) is 48.0 Å². The summed E-state index contributed by atoms with van der Waals surface area (Å²) in [5.74, 6) is 1.38. The fourth-order valence-corrected chi connectivity index (χ4v) is 2.11. The first-order valence-corrected chi connectivity index (χ1v) is 7.58. The van der Waals surface area contributed by atoms with Gasteiger partial charge < -0.3 is 19.5 Å². The van der Waals surface area contributed by atoms with Crippen molar-refractivity contribution >= 4 is 17.8 Å². The van der Waals surface area contributed by atoms with Crippen LogP contribution in [0.4, 0.5) is 5.69 Å². The number of amides is 1. The zero-order valence-corrected chi connectivity index (χ0v) is 14.4. The normalized spacial score (nSPS) is 10.4. The summed E-state index contributed by atoms with van der Waals surface area (Å²) in [5.41, 5.74) is 3.97. The van der Waals surface area contributed by atoms with Crippen molar-refractivity contribution < 1.29 is 19.0 Å². The molecule has 0 saturated carbocycles. The molecule has 132 valence electrons. The van der Waals surface area contributed by atoms with E-state index in [9.17, 15) is 4.79 Å². The van der Waals surface area contributed by atoms with Crippen molar-refractivity contribution in [1.29, 1.82) is 0 Å². The molecule has 0 atom stereocenters. The Morgan fingerprint density at radius 3 is 2.28 bits per heavy atom. The van der Waals surface area contributed by atoms with Crippen molar-refractivity contribution in [2.75, 3.05) is 33.2 Å². The predicted octanol–water partition coefficient (Wildman–Crippen LogP) is 2.27. The minimum atomic E-state index is -0.264. The molecule has 0 aliphatic rings. The van der Waals surface area contributed by atoms with Crippen LogP contribution in [-0.2, 0) is 4.79 Å². The highest BCUT2D eigenvalue weighted by Gasteiger charge is 2.10. The van der Waals surface area contributed by atoms with Gasteiger partial charge in [0.15, 0.2) is 11.5 Å². The van der Waals surface area contributed by atoms with Gasteiger partial charge in [-0.3, -0.25) is 4.79 Å². The zero-order valence-electron chi connectivity index (χ0n) is 14.4. The smallest absolute Gasteiger partial charge is 0.259 e. The van der Waals surface area contributed by atoms with E-state index in [4.69, 9.17) is 14.2 Å². The number of carbonyl (C=O) groups is 1. The fraction of sp³-hybridized carbons (Fsp3) is 0.222. The van der Waals surface area contributed by atoms with E-state index in [0.717, 1.165) is 5.69 Å². The third kappa shape index (κ3) is 5.13. The van der Waals surface area contributed by atoms with Crippen LogP contribution < -0.4 is 25.0 Å². The lowest BCUT2D eigenvalue weighted by molar-refractivity contribution is -0.119. The molecule has 25 heavy (non-hydrogen) atoms. The minimum absolute atomic E-state index is 0.115. The Bertz CT molecular complexity index is 733. The van der Waals surface area contributed by atoms with E-state index in [1.165, 1.54) is 6.21 Å². The average Bonchev–Trinajstić information content (AvgIpc) is 2.66. The van der Waals surface area contributed by atoms with Gasteiger partial charge in [0, 0.05) is 17.3 Å². The first-order valence-electron chi connectivity index (χ1n) is 7.58. The van der Waals surface area contributed by atoms with Gasteiger partial charge in [-0.1, -0.05) is 18.2 Å². The maximum absolute atomic E-state index is 11.8. The highest BCUT2D eigenvalue weighted by atomic mass is 16.5. The summed E-state index contributed by atoms with van der Waals surface area (Å²) in [6.45, 7) is 0.115. The first kappa shape index (κ1) is 18.1. The third-order valence-corrected chi connectivity index (χ3v) is 3.36. The lowest BCUT2D eigenvalue weighted by Gasteiger charge is -2.11. The average molecular weight is 343 g/mol. The Morgan fingerprint density at radius 1 is 1.00 bits per heavy atom. The molecule has 0 radical (unpaired) electrons. The number of carbonyl (C=O) groups excluding carboxylic acids is 1. The van der Waals surface area contributed by atoms with Gasteiger partial charge in [0.1, 0.15) is 5.75 Å². The number of ether oxygens (including phenoxy) is 3. The number of hydrazone groups is 1. The summed E-state index contributed by atoms with van der Waals surface area (Å²) in [4.78, 5) is 11.8. The topological polar surface area (TPSA) is 81.2 Å². The summed E-state index contributed by atoms with van der Waals surface area (Å²) in [6, 6.07) is 12.9. The molecule has 0 unspecified atom stereocenters. The largest absolute Gasteiger partial charge is 0.496 e. The number of hydrogen-bond acceptors (Lipinski definition) is 6. The number of benzene rings is 2. The molecule has 0 aliphatic heterocycles. The monoisotopic (exact) mass is 343 g/mol. The summed E-state index contributed by atoms with van der Waals surface area (Å²) in [5, 5.41) is 6.95. The van der Waals surface area contributed by atoms with Crippen molar-refractivity contribution in [3.8, 4) is 17.2 Å². The van der Waals surface area contributed by atoms with Crippen molar-refractivity contribution in [2.24, 2.45) is 5.10 Å². The van der Waals surface area contributed by atoms with Gasteiger partial charge in [-0.25, -0.2) is 5.43 Å². The Labute approximate surface area is 146 Å². The Kier molecular flexibility index (Phi) is 6.65. The SMILES string of the molecule is COc1cc(OC)c(OC)cc1/C=N/NC(=O)CNc1ccccc1. The molecule has 0 bridgehead atoms. The van der Waals surface area contributed by atoms with Crippen molar-refractivity contribution in [2.45, 2.75) is 0 Å². The molecule has 7 heteroatoms. The number of nitrogens with zero attached hydrogens (tertiary/aromatic N) is 1. The van der Waals surface area contributed by atoms with Crippen LogP contribution >= 0.6 is 0 Å². The second-order valence-electron chi connectivity index (χ2n) is 4.96. The van der Waals surface area contributed by atoms with Crippen LogP contribution in [0.1, 0.15) is 5.56 Å². The molecule has 2 aromatic rings. The van der Waals surface area contributed by atoms with Crippen LogP contribution in [0, 0.1) is 0 Å². The molecular weight excluding hydrogens is 322 g/mol. The molecule has 7 nitrogen and oxygen atoms in total. The number of methoxy groups -OCH3 is 3. The number of rotatable bonds is 8. The van der Waals surface area contributed by atoms with E-state index >= 15 is 0 Å². The summed E-state index contributed by atoms with van der Waals surface area (Å²) in [6.07, 6.45) is 1.49. The molecule has 2 N–H and O–H groups in total. The number of hydrogen-bond donors (Lipinski definition) is 2. The van der Waals surface area contributed by atoms with E-state index < -0.39 is 0 Å². The zero-order chi connectivity index (χ0) is 18.1. The second-order valence-corrected chi connectivity index (χ2v) is 4.96. The second kappa shape index (κ2) is 9.17. The molecule has 1 amide bonds. The van der Waals surface area contributed by atoms with Crippen LogP contribution in [0.15, 0.2) is 47.6 Å². The van der Waals surface area contributed by atoms with Gasteiger partial charge >= 0.3 is 0 Å². The van der Waals surface area contributed by atoms with Gasteiger partial charge in [-0.15, -0.1) is 0 Å². The van der Waals surface area contributed by atoms with Crippen LogP contribution in [-0.4, -0.2) is 40.0 Å². The van der Waals surface area contributed by atoms with Gasteiger partial charge in [0.25, 0.3) is 5.91 Å². The van der Waals surface area contributed by atoms with E-state index in [2.05, 4.69) is 15.8 Å². The molecule has 0 saturated heterocycles. The molecular formula is C18H21N3O4. The van der Waals surface area contributed by atoms with Gasteiger partial charge in [0.2, 0.25) is 0 Å². The molecule has 2 aromatic carbocycles. The van der Waals surface area contributed by atoms with E-state index in [0.29, 0.717) is 22.8 Å². The molecule has 0 spiro atoms. The van der Waals surface area contributed by atoms with Gasteiger partial charge in [-0.2, -0.15) is 5.10 Å². The van der Waals surface area contributed by atoms with Crippen LogP contribution in [0.3, 0.4) is 0 Å². The van der Waals surface area contributed by atoms with E-state index in [1.807, 2.05) is 30.3 Å².